The van der Waals surface area contributed by atoms with Gasteiger partial charge < -0.3 is 9.80 Å². The molecule has 0 saturated carbocycles. The van der Waals surface area contributed by atoms with Crippen LogP contribution in [0.15, 0.2) is 89.8 Å². The minimum Gasteiger partial charge on any atom is -0.378 e. The van der Waals surface area contributed by atoms with E-state index in [-0.39, 0.29) is 11.2 Å². The molecule has 1 unspecified atom stereocenters. The third kappa shape index (κ3) is 5.17. The summed E-state index contributed by atoms with van der Waals surface area (Å²) in [5.41, 5.74) is 3.30. The lowest BCUT2D eigenvalue weighted by atomic mass is 10.1. The maximum Gasteiger partial charge on any atom is 0.240 e. The van der Waals surface area contributed by atoms with Crippen molar-refractivity contribution in [3.8, 4) is 0 Å². The normalized spacial score (nSPS) is 11.7. The Bertz CT molecular complexity index is 879. The standard InChI is InChI=1S/C24H26N2OS/c1-25(2)21-16-14-19(15-17-21)18-26(3)24(27)23(20-10-6-4-7-11-20)28-22-12-8-5-9-13-22/h4-17,23H,18H2,1-3H3. The van der Waals surface area contributed by atoms with Crippen molar-refractivity contribution in [2.24, 2.45) is 0 Å². The van der Waals surface area contributed by atoms with Crippen molar-refractivity contribution in [1.82, 2.24) is 4.90 Å². The molecule has 0 aliphatic carbocycles. The summed E-state index contributed by atoms with van der Waals surface area (Å²) in [4.78, 5) is 18.3. The van der Waals surface area contributed by atoms with Crippen LogP contribution in [-0.2, 0) is 11.3 Å². The summed E-state index contributed by atoms with van der Waals surface area (Å²) in [6.07, 6.45) is 0. The van der Waals surface area contributed by atoms with Crippen LogP contribution in [0.2, 0.25) is 0 Å². The van der Waals surface area contributed by atoms with Gasteiger partial charge in [-0.25, -0.2) is 0 Å². The van der Waals surface area contributed by atoms with Crippen LogP contribution in [0.4, 0.5) is 5.69 Å². The lowest BCUT2D eigenvalue weighted by Crippen LogP contribution is -2.30. The fourth-order valence-corrected chi connectivity index (χ4v) is 4.14. The molecule has 3 aromatic rings. The number of rotatable bonds is 7. The number of thioether (sulfide) groups is 1. The maximum atomic E-state index is 13.3. The van der Waals surface area contributed by atoms with Crippen molar-refractivity contribution in [2.75, 3.05) is 26.0 Å². The van der Waals surface area contributed by atoms with Gasteiger partial charge in [-0.3, -0.25) is 4.79 Å². The molecule has 144 valence electrons. The molecule has 1 atom stereocenters. The molecule has 0 heterocycles. The number of carbonyl (C=O) groups excluding carboxylic acids is 1. The van der Waals surface area contributed by atoms with E-state index in [0.717, 1.165) is 21.7 Å². The Morgan fingerprint density at radius 2 is 1.39 bits per heavy atom. The SMILES string of the molecule is CN(Cc1ccc(N(C)C)cc1)C(=O)C(Sc1ccccc1)c1ccccc1. The summed E-state index contributed by atoms with van der Waals surface area (Å²) in [7, 11) is 5.93. The van der Waals surface area contributed by atoms with Crippen LogP contribution in [0, 0.1) is 0 Å². The summed E-state index contributed by atoms with van der Waals surface area (Å²) in [6, 6.07) is 28.4. The van der Waals surface area contributed by atoms with Gasteiger partial charge in [0.2, 0.25) is 5.91 Å². The zero-order valence-electron chi connectivity index (χ0n) is 16.6. The Balaban J connectivity index is 1.77. The van der Waals surface area contributed by atoms with Crippen molar-refractivity contribution in [2.45, 2.75) is 16.7 Å². The highest BCUT2D eigenvalue weighted by molar-refractivity contribution is 8.00. The first kappa shape index (κ1) is 20.0. The molecule has 0 bridgehead atoms. The van der Waals surface area contributed by atoms with Crippen molar-refractivity contribution in [3.63, 3.8) is 0 Å². The third-order valence-corrected chi connectivity index (χ3v) is 5.83. The van der Waals surface area contributed by atoms with Gasteiger partial charge in [0.25, 0.3) is 0 Å². The highest BCUT2D eigenvalue weighted by atomic mass is 32.2. The average molecular weight is 391 g/mol. The van der Waals surface area contributed by atoms with Crippen LogP contribution >= 0.6 is 11.8 Å². The van der Waals surface area contributed by atoms with Gasteiger partial charge in [0.15, 0.2) is 0 Å². The van der Waals surface area contributed by atoms with E-state index in [1.807, 2.05) is 86.7 Å². The number of nitrogens with zero attached hydrogens (tertiary/aromatic N) is 2. The van der Waals surface area contributed by atoms with Crippen LogP contribution in [0.25, 0.3) is 0 Å². The van der Waals surface area contributed by atoms with Gasteiger partial charge in [0, 0.05) is 38.3 Å². The predicted molar refractivity (Wildman–Crippen MR) is 119 cm³/mol. The second kappa shape index (κ2) is 9.47. The zero-order chi connectivity index (χ0) is 19.9. The first-order valence-corrected chi connectivity index (χ1v) is 10.2. The van der Waals surface area contributed by atoms with Crippen molar-refractivity contribution < 1.29 is 4.79 Å². The van der Waals surface area contributed by atoms with E-state index in [1.165, 1.54) is 0 Å². The molecule has 28 heavy (non-hydrogen) atoms. The Morgan fingerprint density at radius 1 is 0.821 bits per heavy atom. The minimum atomic E-state index is -0.269. The second-order valence-electron chi connectivity index (χ2n) is 6.98. The van der Waals surface area contributed by atoms with E-state index in [9.17, 15) is 4.79 Å². The molecule has 0 aromatic heterocycles. The number of benzene rings is 3. The van der Waals surface area contributed by atoms with Crippen LogP contribution < -0.4 is 4.90 Å². The van der Waals surface area contributed by atoms with Crippen LogP contribution in [0.1, 0.15) is 16.4 Å². The summed E-state index contributed by atoms with van der Waals surface area (Å²) >= 11 is 1.60. The number of anilines is 1. The van der Waals surface area contributed by atoms with Gasteiger partial charge in [0.05, 0.1) is 0 Å². The first-order valence-electron chi connectivity index (χ1n) is 9.32. The molecule has 0 radical (unpaired) electrons. The molecule has 0 fully saturated rings. The Kier molecular flexibility index (Phi) is 6.77. The molecule has 0 spiro atoms. The first-order chi connectivity index (χ1) is 13.5. The van der Waals surface area contributed by atoms with E-state index < -0.39 is 0 Å². The summed E-state index contributed by atoms with van der Waals surface area (Å²) in [6.45, 7) is 0.589. The molecular formula is C24H26N2OS. The number of hydrogen-bond donors (Lipinski definition) is 0. The summed E-state index contributed by atoms with van der Waals surface area (Å²) in [5, 5.41) is -0.269. The smallest absolute Gasteiger partial charge is 0.240 e. The molecule has 3 aromatic carbocycles. The number of likely N-dealkylation sites (N-methyl/N-ethyl adjacent to an activating group) is 1. The molecule has 3 nitrogen and oxygen atoms in total. The molecule has 0 aliphatic heterocycles. The van der Waals surface area contributed by atoms with Crippen molar-refractivity contribution in [1.29, 1.82) is 0 Å². The fraction of sp³-hybridized carbons (Fsp3) is 0.208. The van der Waals surface area contributed by atoms with E-state index in [1.54, 1.807) is 11.8 Å². The van der Waals surface area contributed by atoms with E-state index in [0.29, 0.717) is 6.54 Å². The number of hydrogen-bond acceptors (Lipinski definition) is 3. The highest BCUT2D eigenvalue weighted by Gasteiger charge is 2.25. The van der Waals surface area contributed by atoms with Crippen LogP contribution in [0.5, 0.6) is 0 Å². The molecule has 0 saturated heterocycles. The minimum absolute atomic E-state index is 0.108. The predicted octanol–water partition coefficient (Wildman–Crippen LogP) is 5.24. The van der Waals surface area contributed by atoms with Crippen LogP contribution in [0.3, 0.4) is 0 Å². The summed E-state index contributed by atoms with van der Waals surface area (Å²) < 4.78 is 0. The fourth-order valence-electron chi connectivity index (χ4n) is 2.98. The number of amides is 1. The zero-order valence-corrected chi connectivity index (χ0v) is 17.4. The average Bonchev–Trinajstić information content (AvgIpc) is 2.73. The van der Waals surface area contributed by atoms with Crippen molar-refractivity contribution >= 4 is 23.4 Å². The van der Waals surface area contributed by atoms with Crippen molar-refractivity contribution in [3.05, 3.63) is 96.1 Å². The molecular weight excluding hydrogens is 364 g/mol. The van der Waals surface area contributed by atoms with Gasteiger partial charge in [-0.05, 0) is 35.4 Å². The largest absolute Gasteiger partial charge is 0.378 e. The van der Waals surface area contributed by atoms with E-state index >= 15 is 0 Å². The molecule has 3 rings (SSSR count). The van der Waals surface area contributed by atoms with Gasteiger partial charge >= 0.3 is 0 Å². The lowest BCUT2D eigenvalue weighted by Gasteiger charge is -2.24. The van der Waals surface area contributed by atoms with E-state index in [2.05, 4.69) is 29.2 Å². The van der Waals surface area contributed by atoms with Gasteiger partial charge in [0.1, 0.15) is 5.25 Å². The maximum absolute atomic E-state index is 13.3. The Labute approximate surface area is 172 Å². The van der Waals surface area contributed by atoms with Gasteiger partial charge in [-0.15, -0.1) is 11.8 Å². The third-order valence-electron chi connectivity index (χ3n) is 4.57. The van der Waals surface area contributed by atoms with Gasteiger partial charge in [-0.1, -0.05) is 60.7 Å². The van der Waals surface area contributed by atoms with E-state index in [4.69, 9.17) is 0 Å². The number of carbonyl (C=O) groups is 1. The second-order valence-corrected chi connectivity index (χ2v) is 8.16. The quantitative estimate of drug-likeness (QED) is 0.515. The Hall–Kier alpha value is -2.72. The van der Waals surface area contributed by atoms with Gasteiger partial charge in [-0.2, -0.15) is 0 Å². The Morgan fingerprint density at radius 3 is 1.96 bits per heavy atom. The molecule has 1 amide bonds. The highest BCUT2D eigenvalue weighted by Crippen LogP contribution is 2.36. The molecule has 4 heteroatoms. The molecule has 0 N–H and O–H groups in total. The van der Waals surface area contributed by atoms with Crippen LogP contribution in [-0.4, -0.2) is 32.0 Å². The summed E-state index contributed by atoms with van der Waals surface area (Å²) in [5.74, 6) is 0.108. The molecule has 0 aliphatic rings. The monoisotopic (exact) mass is 390 g/mol. The lowest BCUT2D eigenvalue weighted by molar-refractivity contribution is -0.129. The topological polar surface area (TPSA) is 23.6 Å².